The molecule has 0 unspecified atom stereocenters. The smallest absolute Gasteiger partial charge is 0.470 e. The van der Waals surface area contributed by atoms with E-state index < -0.39 is 6.36 Å². The Morgan fingerprint density at radius 3 is 2.63 bits per heavy atom. The van der Waals surface area contributed by atoms with Gasteiger partial charge < -0.3 is 14.0 Å². The summed E-state index contributed by atoms with van der Waals surface area (Å²) in [4.78, 5) is 3.88. The van der Waals surface area contributed by atoms with Gasteiger partial charge >= 0.3 is 6.36 Å². The molecule has 30 heavy (non-hydrogen) atoms. The van der Waals surface area contributed by atoms with Gasteiger partial charge in [0, 0.05) is 18.8 Å². The minimum atomic E-state index is -4.73. The number of hydrogen-bond donors (Lipinski definition) is 0. The Kier molecular flexibility index (Phi) is 5.13. The maximum Gasteiger partial charge on any atom is 0.573 e. The normalized spacial score (nSPS) is 12.0. The molecular formula is C20H15F3N4O3. The van der Waals surface area contributed by atoms with Crippen molar-refractivity contribution in [2.24, 2.45) is 4.99 Å². The number of aromatic nitrogens is 3. The van der Waals surface area contributed by atoms with E-state index in [1.54, 1.807) is 60.8 Å². The Labute approximate surface area is 168 Å². The second-order valence-corrected chi connectivity index (χ2v) is 6.26. The molecule has 0 aliphatic rings. The summed E-state index contributed by atoms with van der Waals surface area (Å²) in [7, 11) is 1.65. The quantitative estimate of drug-likeness (QED) is 0.337. The lowest BCUT2D eigenvalue weighted by atomic mass is 10.0. The molecule has 0 bridgehead atoms. The van der Waals surface area contributed by atoms with Gasteiger partial charge in [0.05, 0.1) is 11.6 Å². The molecule has 7 nitrogen and oxygen atoms in total. The monoisotopic (exact) mass is 416 g/mol. The van der Waals surface area contributed by atoms with E-state index in [2.05, 4.69) is 20.0 Å². The maximum absolute atomic E-state index is 12.3. The zero-order chi connectivity index (χ0) is 21.1. The third-order valence-corrected chi connectivity index (χ3v) is 4.12. The highest BCUT2D eigenvalue weighted by molar-refractivity contribution is 5.87. The molecule has 0 saturated carbocycles. The number of aliphatic imine (C=N–C) groups is 1. The average Bonchev–Trinajstić information content (AvgIpc) is 3.32. The van der Waals surface area contributed by atoms with Crippen LogP contribution in [0.25, 0.3) is 22.1 Å². The van der Waals surface area contributed by atoms with Crippen molar-refractivity contribution in [3.63, 3.8) is 0 Å². The minimum Gasteiger partial charge on any atom is -0.470 e. The second-order valence-electron chi connectivity index (χ2n) is 6.26. The van der Waals surface area contributed by atoms with E-state index >= 15 is 0 Å². The van der Waals surface area contributed by atoms with Crippen molar-refractivity contribution >= 4 is 17.3 Å². The highest BCUT2D eigenvalue weighted by Crippen LogP contribution is 2.32. The van der Waals surface area contributed by atoms with Crippen molar-refractivity contribution in [2.75, 3.05) is 7.05 Å². The molecule has 2 heterocycles. The molecule has 154 valence electrons. The van der Waals surface area contributed by atoms with E-state index in [-0.39, 0.29) is 12.4 Å². The van der Waals surface area contributed by atoms with Crippen LogP contribution in [0.15, 0.2) is 64.4 Å². The first-order valence-electron chi connectivity index (χ1n) is 8.75. The highest BCUT2D eigenvalue weighted by Gasteiger charge is 2.31. The summed E-state index contributed by atoms with van der Waals surface area (Å²) in [6.45, 7) is 0.229. The third-order valence-electron chi connectivity index (χ3n) is 4.12. The van der Waals surface area contributed by atoms with Crippen molar-refractivity contribution in [2.45, 2.75) is 13.0 Å². The summed E-state index contributed by atoms with van der Waals surface area (Å²) < 4.78 is 53.5. The van der Waals surface area contributed by atoms with Gasteiger partial charge in [0.1, 0.15) is 18.7 Å². The molecule has 10 heteroatoms. The predicted octanol–water partition coefficient (Wildman–Crippen LogP) is 4.68. The van der Waals surface area contributed by atoms with Crippen LogP contribution in [-0.2, 0) is 6.61 Å². The van der Waals surface area contributed by atoms with Crippen molar-refractivity contribution < 1.29 is 27.2 Å². The summed E-state index contributed by atoms with van der Waals surface area (Å²) >= 11 is 0. The molecule has 4 rings (SSSR count). The van der Waals surface area contributed by atoms with Crippen molar-refractivity contribution in [3.05, 3.63) is 60.4 Å². The predicted molar refractivity (Wildman–Crippen MR) is 103 cm³/mol. The number of nitrogens with zero attached hydrogens (tertiary/aromatic N) is 4. The Morgan fingerprint density at radius 2 is 1.90 bits per heavy atom. The molecule has 0 radical (unpaired) electrons. The number of halogens is 3. The van der Waals surface area contributed by atoms with Crippen LogP contribution >= 0.6 is 0 Å². The van der Waals surface area contributed by atoms with Gasteiger partial charge in [-0.3, -0.25) is 4.99 Å². The first kappa shape index (κ1) is 19.5. The first-order valence-corrected chi connectivity index (χ1v) is 8.75. The van der Waals surface area contributed by atoms with Gasteiger partial charge in [-0.15, -0.1) is 13.2 Å². The molecule has 0 aliphatic heterocycles. The van der Waals surface area contributed by atoms with E-state index in [0.29, 0.717) is 22.4 Å². The van der Waals surface area contributed by atoms with Gasteiger partial charge in [-0.2, -0.15) is 5.10 Å². The van der Waals surface area contributed by atoms with Gasteiger partial charge in [-0.1, -0.05) is 18.2 Å². The lowest BCUT2D eigenvalue weighted by Gasteiger charge is -2.09. The number of rotatable bonds is 6. The Balaban J connectivity index is 1.53. The van der Waals surface area contributed by atoms with Gasteiger partial charge in [0.25, 0.3) is 5.88 Å². The first-order chi connectivity index (χ1) is 14.4. The second kappa shape index (κ2) is 7.90. The summed E-state index contributed by atoms with van der Waals surface area (Å²) in [5.41, 5.74) is 2.82. The Morgan fingerprint density at radius 1 is 1.13 bits per heavy atom. The minimum absolute atomic E-state index is 0.229. The molecule has 2 aromatic heterocycles. The molecule has 0 amide bonds. The van der Waals surface area contributed by atoms with Crippen LogP contribution in [0.1, 0.15) is 5.56 Å². The van der Waals surface area contributed by atoms with Crippen LogP contribution in [0.3, 0.4) is 0 Å². The molecule has 0 aliphatic carbocycles. The van der Waals surface area contributed by atoms with E-state index in [9.17, 15) is 13.2 Å². The van der Waals surface area contributed by atoms with Crippen LogP contribution in [0.5, 0.6) is 11.6 Å². The van der Waals surface area contributed by atoms with Gasteiger partial charge in [-0.25, -0.2) is 4.68 Å². The van der Waals surface area contributed by atoms with Gasteiger partial charge in [0.15, 0.2) is 5.58 Å². The van der Waals surface area contributed by atoms with E-state index in [1.165, 1.54) is 12.1 Å². The maximum atomic E-state index is 12.3. The standard InChI is InChI=1S/C20H15F3N4O3/c1-24-12-27-10-13(9-25-27)11-28-19-17-8-15(4-7-18(17)30-26-19)14-2-5-16(6-3-14)29-20(21,22)23/h2-10,12H,11H2,1H3/b24-12+. The van der Waals surface area contributed by atoms with Crippen LogP contribution in [0.4, 0.5) is 13.2 Å². The fourth-order valence-corrected chi connectivity index (χ4v) is 2.83. The number of ether oxygens (including phenoxy) is 2. The summed E-state index contributed by atoms with van der Waals surface area (Å²) in [6.07, 6.45) is 0.256. The van der Waals surface area contributed by atoms with E-state index in [0.717, 1.165) is 11.1 Å². The van der Waals surface area contributed by atoms with Gasteiger partial charge in [-0.05, 0) is 40.5 Å². The number of fused-ring (bicyclic) bond motifs is 1. The number of benzene rings is 2. The molecule has 0 fully saturated rings. The van der Waals surface area contributed by atoms with Crippen LogP contribution in [0, 0.1) is 0 Å². The van der Waals surface area contributed by atoms with Crippen molar-refractivity contribution in [1.29, 1.82) is 0 Å². The zero-order valence-electron chi connectivity index (χ0n) is 15.6. The molecule has 0 spiro atoms. The number of hydrogen-bond acceptors (Lipinski definition) is 6. The van der Waals surface area contributed by atoms with Crippen LogP contribution in [0.2, 0.25) is 0 Å². The summed E-state index contributed by atoms with van der Waals surface area (Å²) in [5.74, 6) is 0.0239. The molecule has 2 aromatic carbocycles. The van der Waals surface area contributed by atoms with E-state index in [4.69, 9.17) is 9.26 Å². The fourth-order valence-electron chi connectivity index (χ4n) is 2.83. The van der Waals surface area contributed by atoms with Crippen LogP contribution in [-0.4, -0.2) is 34.7 Å². The zero-order valence-corrected chi connectivity index (χ0v) is 15.6. The molecular weight excluding hydrogens is 401 g/mol. The molecule has 0 atom stereocenters. The summed E-state index contributed by atoms with van der Waals surface area (Å²) in [5, 5.41) is 8.71. The molecule has 4 aromatic rings. The largest absolute Gasteiger partial charge is 0.573 e. The van der Waals surface area contributed by atoms with Crippen LogP contribution < -0.4 is 9.47 Å². The highest BCUT2D eigenvalue weighted by atomic mass is 19.4. The molecule has 0 saturated heterocycles. The SMILES string of the molecule is C/N=C/n1cc(COc2noc3ccc(-c4ccc(OC(F)(F)F)cc4)cc23)cn1. The number of alkyl halides is 3. The summed E-state index contributed by atoms with van der Waals surface area (Å²) in [6, 6.07) is 10.9. The average molecular weight is 416 g/mol. The lowest BCUT2D eigenvalue weighted by molar-refractivity contribution is -0.274. The lowest BCUT2D eigenvalue weighted by Crippen LogP contribution is -2.16. The van der Waals surface area contributed by atoms with Crippen molar-refractivity contribution in [3.8, 4) is 22.8 Å². The van der Waals surface area contributed by atoms with Crippen molar-refractivity contribution in [1.82, 2.24) is 14.9 Å². The Hall–Kier alpha value is -3.82. The molecule has 0 N–H and O–H groups in total. The Bertz CT molecular complexity index is 1180. The third kappa shape index (κ3) is 4.43. The topological polar surface area (TPSA) is 74.7 Å². The van der Waals surface area contributed by atoms with Gasteiger partial charge in [0.2, 0.25) is 0 Å². The van der Waals surface area contributed by atoms with E-state index in [1.807, 2.05) is 0 Å². The fraction of sp³-hybridized carbons (Fsp3) is 0.150.